The normalized spacial score (nSPS) is 12.5. The highest BCUT2D eigenvalue weighted by molar-refractivity contribution is 7.89. The smallest absolute Gasteiger partial charge is 0.326 e. The van der Waals surface area contributed by atoms with Crippen LogP contribution in [0.2, 0.25) is 5.02 Å². The number of esters is 1. The van der Waals surface area contributed by atoms with Crippen LogP contribution in [0.3, 0.4) is 0 Å². The van der Waals surface area contributed by atoms with Gasteiger partial charge in [0.05, 0.1) is 21.7 Å². The number of fused-ring (bicyclic) bond motifs is 1. The first kappa shape index (κ1) is 25.1. The lowest BCUT2D eigenvalue weighted by atomic mass is 10.2. The van der Waals surface area contributed by atoms with Crippen LogP contribution in [0.25, 0.3) is 10.2 Å². The van der Waals surface area contributed by atoms with Crippen molar-refractivity contribution < 1.29 is 22.7 Å². The molecule has 0 N–H and O–H groups in total. The van der Waals surface area contributed by atoms with Crippen molar-refractivity contribution in [1.29, 1.82) is 0 Å². The van der Waals surface area contributed by atoms with Gasteiger partial charge < -0.3 is 9.30 Å². The molecule has 0 radical (unpaired) electrons. The molecule has 0 aliphatic carbocycles. The number of aromatic nitrogens is 1. The Bertz CT molecular complexity index is 1340. The van der Waals surface area contributed by atoms with Crippen molar-refractivity contribution in [2.45, 2.75) is 32.2 Å². The number of ether oxygens (including phenoxy) is 1. The number of thiazole rings is 1. The second-order valence-corrected chi connectivity index (χ2v) is 10.3. The molecule has 0 aliphatic heterocycles. The molecule has 11 heteroatoms. The van der Waals surface area contributed by atoms with E-state index < -0.39 is 21.9 Å². The Morgan fingerprint density at radius 2 is 1.76 bits per heavy atom. The van der Waals surface area contributed by atoms with Crippen LogP contribution in [0.15, 0.2) is 52.4 Å². The second kappa shape index (κ2) is 10.6. The number of carbonyl (C=O) groups excluding carboxylic acids is 2. The highest BCUT2D eigenvalue weighted by atomic mass is 35.5. The minimum absolute atomic E-state index is 0.108. The number of sulfonamides is 1. The Labute approximate surface area is 201 Å². The maximum absolute atomic E-state index is 12.9. The number of amides is 1. The number of hydrogen-bond donors (Lipinski definition) is 0. The van der Waals surface area contributed by atoms with Gasteiger partial charge in [-0.1, -0.05) is 36.8 Å². The van der Waals surface area contributed by atoms with E-state index in [1.54, 1.807) is 43.5 Å². The summed E-state index contributed by atoms with van der Waals surface area (Å²) in [7, 11) is -3.62. The van der Waals surface area contributed by atoms with Crippen LogP contribution in [-0.4, -0.2) is 48.9 Å². The Morgan fingerprint density at radius 3 is 2.36 bits per heavy atom. The highest BCUT2D eigenvalue weighted by Gasteiger charge is 2.22. The molecule has 0 atom stereocenters. The van der Waals surface area contributed by atoms with E-state index in [0.717, 1.165) is 4.70 Å². The zero-order chi connectivity index (χ0) is 24.2. The monoisotopic (exact) mass is 509 g/mol. The fourth-order valence-electron chi connectivity index (χ4n) is 3.25. The molecule has 0 saturated heterocycles. The van der Waals surface area contributed by atoms with Crippen LogP contribution in [0, 0.1) is 0 Å². The summed E-state index contributed by atoms with van der Waals surface area (Å²) < 4.78 is 34.1. The summed E-state index contributed by atoms with van der Waals surface area (Å²) in [6, 6.07) is 10.8. The van der Waals surface area contributed by atoms with E-state index in [1.807, 2.05) is 0 Å². The third-order valence-electron chi connectivity index (χ3n) is 4.88. The molecule has 8 nitrogen and oxygen atoms in total. The van der Waals surface area contributed by atoms with Gasteiger partial charge in [-0.3, -0.25) is 9.59 Å². The van der Waals surface area contributed by atoms with E-state index >= 15 is 0 Å². The van der Waals surface area contributed by atoms with Crippen molar-refractivity contribution in [2.24, 2.45) is 4.99 Å². The Morgan fingerprint density at radius 1 is 1.09 bits per heavy atom. The molecule has 0 saturated carbocycles. The first-order valence-corrected chi connectivity index (χ1v) is 13.0. The first-order valence-electron chi connectivity index (χ1n) is 10.3. The quantitative estimate of drug-likeness (QED) is 0.431. The summed E-state index contributed by atoms with van der Waals surface area (Å²) in [5, 5.41) is 0.523. The van der Waals surface area contributed by atoms with Gasteiger partial charge in [0.15, 0.2) is 4.80 Å². The van der Waals surface area contributed by atoms with Crippen LogP contribution >= 0.6 is 22.9 Å². The minimum Gasteiger partial charge on any atom is -0.465 e. The molecule has 176 valence electrons. The van der Waals surface area contributed by atoms with E-state index in [1.165, 1.54) is 39.9 Å². The average Bonchev–Trinajstić information content (AvgIpc) is 3.10. The predicted octanol–water partition coefficient (Wildman–Crippen LogP) is 3.69. The molecular weight excluding hydrogens is 486 g/mol. The summed E-state index contributed by atoms with van der Waals surface area (Å²) in [5.74, 6) is -1.01. The van der Waals surface area contributed by atoms with Gasteiger partial charge in [-0.25, -0.2) is 8.42 Å². The van der Waals surface area contributed by atoms with E-state index in [4.69, 9.17) is 16.3 Å². The third-order valence-corrected chi connectivity index (χ3v) is 8.22. The van der Waals surface area contributed by atoms with Crippen LogP contribution in [-0.2, 0) is 26.1 Å². The molecular formula is C22H24ClN3O5S2. The predicted molar refractivity (Wildman–Crippen MR) is 128 cm³/mol. The van der Waals surface area contributed by atoms with Crippen molar-refractivity contribution in [2.75, 3.05) is 19.7 Å². The van der Waals surface area contributed by atoms with Gasteiger partial charge >= 0.3 is 5.97 Å². The lowest BCUT2D eigenvalue weighted by Gasteiger charge is -2.18. The number of rotatable bonds is 8. The molecule has 0 bridgehead atoms. The molecule has 2 aromatic carbocycles. The number of carbonyl (C=O) groups is 2. The first-order chi connectivity index (χ1) is 15.7. The zero-order valence-electron chi connectivity index (χ0n) is 18.4. The van der Waals surface area contributed by atoms with Crippen LogP contribution < -0.4 is 4.80 Å². The Hall–Kier alpha value is -2.53. The molecule has 0 aliphatic rings. The van der Waals surface area contributed by atoms with E-state index in [0.29, 0.717) is 28.4 Å². The van der Waals surface area contributed by atoms with Crippen molar-refractivity contribution in [3.63, 3.8) is 0 Å². The molecule has 0 fully saturated rings. The average molecular weight is 510 g/mol. The highest BCUT2D eigenvalue weighted by Crippen LogP contribution is 2.22. The van der Waals surface area contributed by atoms with E-state index in [2.05, 4.69) is 4.99 Å². The number of nitrogens with zero attached hydrogens (tertiary/aromatic N) is 3. The minimum atomic E-state index is -3.62. The van der Waals surface area contributed by atoms with Gasteiger partial charge in [-0.05, 0) is 49.4 Å². The van der Waals surface area contributed by atoms with Gasteiger partial charge in [0.1, 0.15) is 6.54 Å². The molecule has 0 unspecified atom stereocenters. The van der Waals surface area contributed by atoms with Gasteiger partial charge in [-0.2, -0.15) is 9.30 Å². The standard InChI is InChI=1S/C22H24ClN3O5S2/c1-4-25(5-2)33(29,30)17-10-7-15(8-11-17)21(28)24-22-26(14-20(27)31-6-3)18-12-9-16(23)13-19(18)32-22/h7-13H,4-6,14H2,1-3H3. The Balaban J connectivity index is 2.00. The van der Waals surface area contributed by atoms with Crippen molar-refractivity contribution in [3.05, 3.63) is 57.9 Å². The van der Waals surface area contributed by atoms with Gasteiger partial charge in [0.2, 0.25) is 10.0 Å². The molecule has 1 aromatic heterocycles. The molecule has 1 heterocycles. The van der Waals surface area contributed by atoms with Crippen LogP contribution in [0.1, 0.15) is 31.1 Å². The fourth-order valence-corrected chi connectivity index (χ4v) is 6.02. The van der Waals surface area contributed by atoms with Gasteiger partial charge in [-0.15, -0.1) is 0 Å². The number of hydrogen-bond acceptors (Lipinski definition) is 6. The van der Waals surface area contributed by atoms with Crippen molar-refractivity contribution >= 4 is 55.1 Å². The molecule has 1 amide bonds. The summed E-state index contributed by atoms with van der Waals surface area (Å²) in [6.45, 7) is 6.08. The maximum Gasteiger partial charge on any atom is 0.326 e. The maximum atomic E-state index is 12.9. The van der Waals surface area contributed by atoms with Crippen molar-refractivity contribution in [3.8, 4) is 0 Å². The lowest BCUT2D eigenvalue weighted by Crippen LogP contribution is -2.30. The molecule has 33 heavy (non-hydrogen) atoms. The van der Waals surface area contributed by atoms with Crippen LogP contribution in [0.4, 0.5) is 0 Å². The fraction of sp³-hybridized carbons (Fsp3) is 0.318. The van der Waals surface area contributed by atoms with E-state index in [9.17, 15) is 18.0 Å². The number of halogens is 1. The second-order valence-electron chi connectivity index (χ2n) is 6.92. The summed E-state index contributed by atoms with van der Waals surface area (Å²) in [6.07, 6.45) is 0. The van der Waals surface area contributed by atoms with Gasteiger partial charge in [0.25, 0.3) is 5.91 Å². The van der Waals surface area contributed by atoms with Crippen LogP contribution in [0.5, 0.6) is 0 Å². The molecule has 0 spiro atoms. The molecule has 3 aromatic rings. The third kappa shape index (κ3) is 5.52. The molecule has 3 rings (SSSR count). The Kier molecular flexibility index (Phi) is 8.06. The lowest BCUT2D eigenvalue weighted by molar-refractivity contribution is -0.143. The summed E-state index contributed by atoms with van der Waals surface area (Å²) in [4.78, 5) is 29.6. The largest absolute Gasteiger partial charge is 0.465 e. The topological polar surface area (TPSA) is 98.0 Å². The summed E-state index contributed by atoms with van der Waals surface area (Å²) >= 11 is 7.31. The zero-order valence-corrected chi connectivity index (χ0v) is 20.8. The van der Waals surface area contributed by atoms with Gasteiger partial charge in [0, 0.05) is 23.7 Å². The van der Waals surface area contributed by atoms with Crippen molar-refractivity contribution in [1.82, 2.24) is 8.87 Å². The van der Waals surface area contributed by atoms with E-state index in [-0.39, 0.29) is 23.6 Å². The summed E-state index contributed by atoms with van der Waals surface area (Å²) in [5.41, 5.74) is 0.927. The number of benzene rings is 2. The SMILES string of the molecule is CCOC(=O)Cn1c(=NC(=O)c2ccc(S(=O)(=O)N(CC)CC)cc2)sc2cc(Cl)ccc21.